The summed E-state index contributed by atoms with van der Waals surface area (Å²) in [5, 5.41) is 17.4. The van der Waals surface area contributed by atoms with Gasteiger partial charge in [0.05, 0.1) is 12.3 Å². The Balaban J connectivity index is 0.000000907. The summed E-state index contributed by atoms with van der Waals surface area (Å²) < 4.78 is 0. The SMILES string of the molecule is C=C(C)N1CC(C)N(c2ncc3[nH]nc(-c4ccc(N5CCC(O)CC5)cc4)c3n2)C(C)C1.CC.CC. The van der Waals surface area contributed by atoms with Crippen molar-refractivity contribution in [1.82, 2.24) is 25.1 Å². The van der Waals surface area contributed by atoms with Crippen molar-refractivity contribution in [3.8, 4) is 11.3 Å². The molecule has 2 saturated heterocycles. The minimum Gasteiger partial charge on any atom is -0.393 e. The molecule has 4 heterocycles. The number of nitrogens with zero attached hydrogens (tertiary/aromatic N) is 6. The minimum absolute atomic E-state index is 0.168. The molecule has 3 aromatic rings. The lowest BCUT2D eigenvalue weighted by Gasteiger charge is -2.45. The highest BCUT2D eigenvalue weighted by Crippen LogP contribution is 2.30. The average Bonchev–Trinajstić information content (AvgIpc) is 3.34. The van der Waals surface area contributed by atoms with Gasteiger partial charge in [0.2, 0.25) is 5.95 Å². The summed E-state index contributed by atoms with van der Waals surface area (Å²) in [6.07, 6.45) is 3.32. The molecule has 8 nitrogen and oxygen atoms in total. The van der Waals surface area contributed by atoms with Gasteiger partial charge in [-0.2, -0.15) is 5.10 Å². The Kier molecular flexibility index (Phi) is 9.92. The van der Waals surface area contributed by atoms with Crippen LogP contribution in [0.1, 0.15) is 61.3 Å². The Morgan fingerprint density at radius 3 is 2.16 bits per heavy atom. The second-order valence-corrected chi connectivity index (χ2v) is 9.52. The highest BCUT2D eigenvalue weighted by molar-refractivity contribution is 5.90. The van der Waals surface area contributed by atoms with Crippen molar-refractivity contribution in [2.45, 2.75) is 79.5 Å². The lowest BCUT2D eigenvalue weighted by Crippen LogP contribution is -2.56. The van der Waals surface area contributed by atoms with Crippen LogP contribution < -0.4 is 9.80 Å². The number of hydrogen-bond donors (Lipinski definition) is 2. The summed E-state index contributed by atoms with van der Waals surface area (Å²) in [7, 11) is 0. The van der Waals surface area contributed by atoms with Crippen molar-refractivity contribution in [2.75, 3.05) is 36.0 Å². The molecule has 2 aliphatic heterocycles. The molecule has 2 aromatic heterocycles. The number of anilines is 2. The first-order valence-corrected chi connectivity index (χ1v) is 13.8. The van der Waals surface area contributed by atoms with Gasteiger partial charge in [0.25, 0.3) is 0 Å². The summed E-state index contributed by atoms with van der Waals surface area (Å²) in [5.41, 5.74) is 5.83. The molecule has 0 bridgehead atoms. The number of allylic oxidation sites excluding steroid dienone is 1. The van der Waals surface area contributed by atoms with Crippen LogP contribution in [-0.2, 0) is 0 Å². The maximum atomic E-state index is 9.77. The van der Waals surface area contributed by atoms with E-state index in [2.05, 4.69) is 81.5 Å². The van der Waals surface area contributed by atoms with Crippen LogP contribution >= 0.6 is 0 Å². The third kappa shape index (κ3) is 6.24. The lowest BCUT2D eigenvalue weighted by molar-refractivity contribution is 0.145. The fourth-order valence-corrected chi connectivity index (χ4v) is 5.11. The summed E-state index contributed by atoms with van der Waals surface area (Å²) in [4.78, 5) is 16.6. The second-order valence-electron chi connectivity index (χ2n) is 9.52. The Hall–Kier alpha value is -3.13. The molecular formula is C29H45N7O. The number of piperazine rings is 1. The number of rotatable bonds is 4. The molecule has 2 unspecified atom stereocenters. The number of nitrogens with one attached hydrogen (secondary N) is 1. The molecule has 0 aliphatic carbocycles. The molecular weight excluding hydrogens is 462 g/mol. The lowest BCUT2D eigenvalue weighted by atomic mass is 10.1. The summed E-state index contributed by atoms with van der Waals surface area (Å²) in [6, 6.07) is 9.04. The zero-order valence-corrected chi connectivity index (χ0v) is 23.7. The number of aromatic amines is 1. The maximum Gasteiger partial charge on any atom is 0.226 e. The molecule has 8 heteroatoms. The van der Waals surface area contributed by atoms with Crippen molar-refractivity contribution in [1.29, 1.82) is 0 Å². The molecule has 0 amide bonds. The zero-order valence-electron chi connectivity index (χ0n) is 23.7. The normalized spacial score (nSPS) is 20.2. The van der Waals surface area contributed by atoms with E-state index in [-0.39, 0.29) is 18.2 Å². The first kappa shape index (κ1) is 28.4. The van der Waals surface area contributed by atoms with Gasteiger partial charge < -0.3 is 19.8 Å². The number of hydrogen-bond acceptors (Lipinski definition) is 7. The van der Waals surface area contributed by atoms with E-state index >= 15 is 0 Å². The van der Waals surface area contributed by atoms with Crippen LogP contribution in [0.5, 0.6) is 0 Å². The third-order valence-electron chi connectivity index (χ3n) is 6.95. The second kappa shape index (κ2) is 12.9. The van der Waals surface area contributed by atoms with Crippen LogP contribution in [0.15, 0.2) is 42.7 Å². The first-order chi connectivity index (χ1) is 17.9. The monoisotopic (exact) mass is 507 g/mol. The number of piperidine rings is 1. The maximum absolute atomic E-state index is 9.77. The minimum atomic E-state index is -0.168. The van der Waals surface area contributed by atoms with E-state index in [4.69, 9.17) is 4.98 Å². The van der Waals surface area contributed by atoms with E-state index in [0.29, 0.717) is 0 Å². The van der Waals surface area contributed by atoms with Crippen LogP contribution in [0.3, 0.4) is 0 Å². The van der Waals surface area contributed by atoms with Crippen LogP contribution in [0.25, 0.3) is 22.3 Å². The van der Waals surface area contributed by atoms with Gasteiger partial charge in [-0.1, -0.05) is 46.4 Å². The van der Waals surface area contributed by atoms with E-state index in [0.717, 1.165) is 73.0 Å². The Bertz CT molecular complexity index is 1120. The number of benzene rings is 1. The van der Waals surface area contributed by atoms with E-state index in [1.807, 2.05) is 33.9 Å². The third-order valence-corrected chi connectivity index (χ3v) is 6.95. The standard InChI is InChI=1S/C25H33N7O.2C2H6/c1-16(2)31-14-17(3)32(18(4)15-31)25-26-13-22-24(27-25)23(29-28-22)19-5-7-20(8-6-19)30-11-9-21(33)10-12-30;2*1-2/h5-8,13,17-18,21,33H,1,9-12,14-15H2,2-4H3,(H,28,29);2*1-2H3. The molecule has 2 aliphatic rings. The number of aliphatic hydroxyl groups excluding tert-OH is 1. The van der Waals surface area contributed by atoms with Crippen LogP contribution in [-0.4, -0.2) is 74.5 Å². The van der Waals surface area contributed by atoms with Crippen molar-refractivity contribution < 1.29 is 5.11 Å². The van der Waals surface area contributed by atoms with Crippen molar-refractivity contribution in [2.24, 2.45) is 0 Å². The molecule has 5 rings (SSSR count). The number of aliphatic hydroxyl groups is 1. The van der Waals surface area contributed by atoms with Crippen molar-refractivity contribution in [3.63, 3.8) is 0 Å². The van der Waals surface area contributed by atoms with Gasteiger partial charge in [-0.25, -0.2) is 9.97 Å². The van der Waals surface area contributed by atoms with Crippen LogP contribution in [0.4, 0.5) is 11.6 Å². The largest absolute Gasteiger partial charge is 0.393 e. The zero-order chi connectivity index (χ0) is 27.1. The van der Waals surface area contributed by atoms with Gasteiger partial charge in [-0.15, -0.1) is 0 Å². The van der Waals surface area contributed by atoms with E-state index in [1.165, 1.54) is 5.69 Å². The van der Waals surface area contributed by atoms with E-state index < -0.39 is 0 Å². The number of aromatic nitrogens is 4. The molecule has 0 spiro atoms. The van der Waals surface area contributed by atoms with Crippen molar-refractivity contribution >= 4 is 22.7 Å². The Morgan fingerprint density at radius 2 is 1.59 bits per heavy atom. The predicted molar refractivity (Wildman–Crippen MR) is 155 cm³/mol. The van der Waals surface area contributed by atoms with Gasteiger partial charge in [-0.3, -0.25) is 5.10 Å². The summed E-state index contributed by atoms with van der Waals surface area (Å²) >= 11 is 0. The first-order valence-electron chi connectivity index (χ1n) is 13.8. The van der Waals surface area contributed by atoms with Crippen LogP contribution in [0.2, 0.25) is 0 Å². The van der Waals surface area contributed by atoms with Gasteiger partial charge in [0.1, 0.15) is 16.7 Å². The quantitative estimate of drug-likeness (QED) is 0.485. The molecule has 1 aromatic carbocycles. The van der Waals surface area contributed by atoms with Crippen molar-refractivity contribution in [3.05, 3.63) is 42.7 Å². The smallest absolute Gasteiger partial charge is 0.226 e. The molecule has 37 heavy (non-hydrogen) atoms. The molecule has 2 fully saturated rings. The Labute approximate surface area is 222 Å². The Morgan fingerprint density at radius 1 is 1.00 bits per heavy atom. The topological polar surface area (TPSA) is 84.4 Å². The fraction of sp³-hybridized carbons (Fsp3) is 0.552. The molecule has 0 radical (unpaired) electrons. The molecule has 2 N–H and O–H groups in total. The van der Waals surface area contributed by atoms with Gasteiger partial charge in [0, 0.05) is 55.2 Å². The molecule has 202 valence electrons. The van der Waals surface area contributed by atoms with Gasteiger partial charge in [0.15, 0.2) is 0 Å². The van der Waals surface area contributed by atoms with Crippen LogP contribution in [0, 0.1) is 0 Å². The molecule has 2 atom stereocenters. The average molecular weight is 508 g/mol. The van der Waals surface area contributed by atoms with E-state index in [1.54, 1.807) is 0 Å². The van der Waals surface area contributed by atoms with Gasteiger partial charge >= 0.3 is 0 Å². The van der Waals surface area contributed by atoms with E-state index in [9.17, 15) is 5.11 Å². The highest BCUT2D eigenvalue weighted by Gasteiger charge is 2.31. The molecule has 0 saturated carbocycles. The predicted octanol–water partition coefficient (Wildman–Crippen LogP) is 5.47. The van der Waals surface area contributed by atoms with Gasteiger partial charge in [-0.05, 0) is 45.7 Å². The summed E-state index contributed by atoms with van der Waals surface area (Å²) in [5.74, 6) is 0.745. The highest BCUT2D eigenvalue weighted by atomic mass is 16.3. The summed E-state index contributed by atoms with van der Waals surface area (Å²) in [6.45, 7) is 22.2. The number of H-pyrrole nitrogens is 1. The fourth-order valence-electron chi connectivity index (χ4n) is 5.11. The number of fused-ring (bicyclic) bond motifs is 1.